The van der Waals surface area contributed by atoms with E-state index in [4.69, 9.17) is 9.97 Å². The van der Waals surface area contributed by atoms with E-state index >= 15 is 0 Å². The molecule has 2 heterocycles. The Hall–Kier alpha value is -5.08. The predicted octanol–water partition coefficient (Wildman–Crippen LogP) is 10.7. The zero-order valence-corrected chi connectivity index (χ0v) is 25.4. The average molecular weight is 565 g/mol. The van der Waals surface area contributed by atoms with Crippen molar-refractivity contribution >= 4 is 21.8 Å². The van der Waals surface area contributed by atoms with Crippen LogP contribution in [0.15, 0.2) is 121 Å². The summed E-state index contributed by atoms with van der Waals surface area (Å²) in [6.45, 7) is 9.35. The van der Waals surface area contributed by atoms with Crippen LogP contribution >= 0.6 is 0 Å². The fraction of sp³-hybridized carbons (Fsp3) is 0.143. The Kier molecular flexibility index (Phi) is 5.05. The van der Waals surface area contributed by atoms with Gasteiger partial charge in [-0.15, -0.1) is 0 Å². The molecular formula is C42H32N2. The molecule has 0 saturated carbocycles. The molecule has 0 bridgehead atoms. The molecule has 0 atom stereocenters. The first-order valence-electron chi connectivity index (χ1n) is 15.5. The first-order valence-corrected chi connectivity index (χ1v) is 15.5. The summed E-state index contributed by atoms with van der Waals surface area (Å²) in [5.74, 6) is 0. The van der Waals surface area contributed by atoms with Crippen molar-refractivity contribution in [1.29, 1.82) is 0 Å². The van der Waals surface area contributed by atoms with Crippen LogP contribution < -0.4 is 0 Å². The summed E-state index contributed by atoms with van der Waals surface area (Å²) < 4.78 is 0. The van der Waals surface area contributed by atoms with E-state index in [-0.39, 0.29) is 10.8 Å². The first kappa shape index (κ1) is 25.4. The summed E-state index contributed by atoms with van der Waals surface area (Å²) in [5.41, 5.74) is 16.8. The number of pyridine rings is 2. The van der Waals surface area contributed by atoms with Gasteiger partial charge in [-0.1, -0.05) is 137 Å². The predicted molar refractivity (Wildman–Crippen MR) is 183 cm³/mol. The van der Waals surface area contributed by atoms with Gasteiger partial charge in [0.05, 0.1) is 22.4 Å². The molecule has 0 unspecified atom stereocenters. The number of hydrogen-bond donors (Lipinski definition) is 0. The molecule has 210 valence electrons. The molecule has 0 aliphatic heterocycles. The van der Waals surface area contributed by atoms with E-state index in [0.29, 0.717) is 0 Å². The smallest absolute Gasteiger partial charge is 0.0972 e. The lowest BCUT2D eigenvalue weighted by Crippen LogP contribution is -2.16. The number of hydrogen-bond acceptors (Lipinski definition) is 2. The van der Waals surface area contributed by atoms with Gasteiger partial charge in [-0.2, -0.15) is 0 Å². The fourth-order valence-electron chi connectivity index (χ4n) is 8.19. The lowest BCUT2D eigenvalue weighted by molar-refractivity contribution is 0.661. The van der Waals surface area contributed by atoms with Crippen molar-refractivity contribution in [3.05, 3.63) is 144 Å². The van der Waals surface area contributed by atoms with Crippen molar-refractivity contribution in [3.8, 4) is 44.8 Å². The standard InChI is InChI=1S/C42H32N2/c1-41(2)33-17-7-5-11-27(33)29-13-9-15-31(37(29)41)35-23-21-25-19-20-26-22-24-36(44-40(26)39(25)43-35)32-16-10-14-30-28-12-6-8-18-34(28)42(3,4)38(30)32/h5-24H,1-4H3. The monoisotopic (exact) mass is 564 g/mol. The van der Waals surface area contributed by atoms with Gasteiger partial charge in [0.15, 0.2) is 0 Å². The second-order valence-corrected chi connectivity index (χ2v) is 13.4. The molecule has 0 fully saturated rings. The van der Waals surface area contributed by atoms with Crippen LogP contribution in [0.25, 0.3) is 66.6 Å². The van der Waals surface area contributed by atoms with Crippen molar-refractivity contribution in [2.75, 3.05) is 0 Å². The summed E-state index contributed by atoms with van der Waals surface area (Å²) in [6.07, 6.45) is 0. The van der Waals surface area contributed by atoms with Gasteiger partial charge < -0.3 is 0 Å². The summed E-state index contributed by atoms with van der Waals surface area (Å²) in [5, 5.41) is 2.21. The molecule has 0 radical (unpaired) electrons. The Bertz CT molecular complexity index is 2170. The number of benzene rings is 5. The Morgan fingerprint density at radius 1 is 0.364 bits per heavy atom. The molecule has 5 aromatic carbocycles. The second-order valence-electron chi connectivity index (χ2n) is 13.4. The summed E-state index contributed by atoms with van der Waals surface area (Å²) in [7, 11) is 0. The molecule has 2 aliphatic rings. The number of rotatable bonds is 2. The molecule has 0 N–H and O–H groups in total. The van der Waals surface area contributed by atoms with E-state index in [1.807, 2.05) is 0 Å². The molecule has 9 rings (SSSR count). The third-order valence-electron chi connectivity index (χ3n) is 10.2. The molecule has 7 aromatic rings. The van der Waals surface area contributed by atoms with E-state index in [0.717, 1.165) is 33.2 Å². The third kappa shape index (κ3) is 3.31. The minimum atomic E-state index is -0.110. The van der Waals surface area contributed by atoms with E-state index in [2.05, 4.69) is 149 Å². The van der Waals surface area contributed by atoms with Crippen molar-refractivity contribution < 1.29 is 0 Å². The fourth-order valence-corrected chi connectivity index (χ4v) is 8.19. The molecule has 2 nitrogen and oxygen atoms in total. The van der Waals surface area contributed by atoms with E-state index in [1.165, 1.54) is 55.6 Å². The zero-order chi connectivity index (χ0) is 29.8. The Labute approximate surface area is 258 Å². The highest BCUT2D eigenvalue weighted by atomic mass is 14.8. The van der Waals surface area contributed by atoms with Crippen molar-refractivity contribution in [2.24, 2.45) is 0 Å². The Morgan fingerprint density at radius 2 is 0.727 bits per heavy atom. The van der Waals surface area contributed by atoms with Gasteiger partial charge in [-0.25, -0.2) is 9.97 Å². The van der Waals surface area contributed by atoms with Gasteiger partial charge in [0, 0.05) is 32.7 Å². The molecule has 2 aromatic heterocycles. The van der Waals surface area contributed by atoms with Crippen molar-refractivity contribution in [3.63, 3.8) is 0 Å². The summed E-state index contributed by atoms with van der Waals surface area (Å²) in [4.78, 5) is 10.8. The number of nitrogens with zero attached hydrogens (tertiary/aromatic N) is 2. The highest BCUT2D eigenvalue weighted by Crippen LogP contribution is 2.53. The Balaban J connectivity index is 1.25. The Morgan fingerprint density at radius 3 is 1.18 bits per heavy atom. The van der Waals surface area contributed by atoms with Crippen LogP contribution in [0.5, 0.6) is 0 Å². The molecule has 0 spiro atoms. The maximum absolute atomic E-state index is 5.39. The largest absolute Gasteiger partial charge is 0.245 e. The minimum absolute atomic E-state index is 0.110. The average Bonchev–Trinajstić information content (AvgIpc) is 3.44. The van der Waals surface area contributed by atoms with E-state index in [9.17, 15) is 0 Å². The molecule has 0 amide bonds. The lowest BCUT2D eigenvalue weighted by atomic mass is 9.79. The van der Waals surface area contributed by atoms with Gasteiger partial charge in [0.2, 0.25) is 0 Å². The normalized spacial score (nSPS) is 15.2. The minimum Gasteiger partial charge on any atom is -0.245 e. The molecular weight excluding hydrogens is 532 g/mol. The van der Waals surface area contributed by atoms with Gasteiger partial charge in [-0.05, 0) is 56.6 Å². The number of aromatic nitrogens is 2. The van der Waals surface area contributed by atoms with Crippen LogP contribution in [0, 0.1) is 0 Å². The van der Waals surface area contributed by atoms with Crippen LogP contribution in [0.3, 0.4) is 0 Å². The third-order valence-corrected chi connectivity index (χ3v) is 10.2. The molecule has 44 heavy (non-hydrogen) atoms. The van der Waals surface area contributed by atoms with Gasteiger partial charge in [0.1, 0.15) is 0 Å². The summed E-state index contributed by atoms with van der Waals surface area (Å²) >= 11 is 0. The van der Waals surface area contributed by atoms with Crippen LogP contribution in [0.4, 0.5) is 0 Å². The SMILES string of the molecule is CC1(C)c2ccccc2-c2cccc(-c3ccc4ccc5ccc(-c6cccc7c6C(C)(C)c6ccccc6-7)nc5c4n3)c21. The summed E-state index contributed by atoms with van der Waals surface area (Å²) in [6, 6.07) is 44.1. The van der Waals surface area contributed by atoms with Crippen LogP contribution in [0.1, 0.15) is 49.9 Å². The van der Waals surface area contributed by atoms with Gasteiger partial charge >= 0.3 is 0 Å². The van der Waals surface area contributed by atoms with Gasteiger partial charge in [0.25, 0.3) is 0 Å². The zero-order valence-electron chi connectivity index (χ0n) is 25.4. The van der Waals surface area contributed by atoms with E-state index < -0.39 is 0 Å². The topological polar surface area (TPSA) is 25.8 Å². The van der Waals surface area contributed by atoms with Crippen LogP contribution in [-0.2, 0) is 10.8 Å². The quantitative estimate of drug-likeness (QED) is 0.195. The van der Waals surface area contributed by atoms with Crippen molar-refractivity contribution in [1.82, 2.24) is 9.97 Å². The van der Waals surface area contributed by atoms with Crippen LogP contribution in [0.2, 0.25) is 0 Å². The maximum Gasteiger partial charge on any atom is 0.0972 e. The first-order chi connectivity index (χ1) is 21.3. The van der Waals surface area contributed by atoms with E-state index in [1.54, 1.807) is 0 Å². The number of fused-ring (bicyclic) bond motifs is 9. The molecule has 2 heteroatoms. The highest BCUT2D eigenvalue weighted by Gasteiger charge is 2.38. The second kappa shape index (κ2) is 8.74. The molecule has 2 aliphatic carbocycles. The lowest BCUT2D eigenvalue weighted by Gasteiger charge is -2.24. The van der Waals surface area contributed by atoms with Crippen molar-refractivity contribution in [2.45, 2.75) is 38.5 Å². The van der Waals surface area contributed by atoms with Gasteiger partial charge in [-0.3, -0.25) is 0 Å². The molecule has 0 saturated heterocycles. The van der Waals surface area contributed by atoms with Crippen LogP contribution in [-0.4, -0.2) is 9.97 Å². The highest BCUT2D eigenvalue weighted by molar-refractivity contribution is 6.04. The maximum atomic E-state index is 5.39.